The fourth-order valence-electron chi connectivity index (χ4n) is 1.05. The van der Waals surface area contributed by atoms with Crippen LogP contribution >= 0.6 is 7.82 Å². The zero-order valence-corrected chi connectivity index (χ0v) is 14.2. The monoisotopic (exact) mass is 291 g/mol. The minimum atomic E-state index is -4.20. The van der Waals surface area contributed by atoms with Gasteiger partial charge in [0.1, 0.15) is 0 Å². The largest absolute Gasteiger partial charge is 1.00 e. The van der Waals surface area contributed by atoms with Gasteiger partial charge >= 0.3 is 29.6 Å². The standard InChI is InChI=1S/C9H24N3O4P.Na/c1-2-3-4-9-15-17(13,14)16-12-8-7-11-6-5-10;/h11-12H,2-10H2,1H3,(H,13,14);/q;+1/p-1. The molecule has 9 heteroatoms. The Morgan fingerprint density at radius 3 is 2.61 bits per heavy atom. The molecule has 104 valence electrons. The van der Waals surface area contributed by atoms with Crippen LogP contribution in [0.1, 0.15) is 26.2 Å². The first-order chi connectivity index (χ1) is 8.12. The fourth-order valence-corrected chi connectivity index (χ4v) is 1.70. The second-order valence-electron chi connectivity index (χ2n) is 3.51. The summed E-state index contributed by atoms with van der Waals surface area (Å²) in [7, 11) is -4.20. The first kappa shape index (κ1) is 21.3. The summed E-state index contributed by atoms with van der Waals surface area (Å²) in [6.45, 7) is 4.37. The summed E-state index contributed by atoms with van der Waals surface area (Å²) < 4.78 is 20.2. The maximum atomic E-state index is 11.2. The van der Waals surface area contributed by atoms with E-state index in [1.807, 2.05) is 6.92 Å². The zero-order valence-electron chi connectivity index (χ0n) is 11.3. The van der Waals surface area contributed by atoms with Crippen molar-refractivity contribution in [1.82, 2.24) is 10.8 Å². The summed E-state index contributed by atoms with van der Waals surface area (Å²) in [5.41, 5.74) is 7.58. The molecule has 0 bridgehead atoms. The molecule has 0 aromatic rings. The molecule has 0 aliphatic heterocycles. The molecule has 0 fully saturated rings. The van der Waals surface area contributed by atoms with E-state index in [0.717, 1.165) is 12.8 Å². The van der Waals surface area contributed by atoms with Gasteiger partial charge in [0.25, 0.3) is 7.82 Å². The Hall–Kier alpha value is 0.990. The van der Waals surface area contributed by atoms with Gasteiger partial charge in [-0.15, -0.1) is 0 Å². The molecule has 0 aromatic carbocycles. The van der Waals surface area contributed by atoms with Crippen molar-refractivity contribution in [2.24, 2.45) is 5.73 Å². The number of nitrogens with two attached hydrogens (primary N) is 1. The molecule has 0 saturated heterocycles. The van der Waals surface area contributed by atoms with Gasteiger partial charge in [-0.1, -0.05) is 19.8 Å². The van der Waals surface area contributed by atoms with E-state index in [2.05, 4.69) is 19.9 Å². The molecule has 0 rings (SSSR count). The predicted molar refractivity (Wildman–Crippen MR) is 64.1 cm³/mol. The third-order valence-electron chi connectivity index (χ3n) is 1.90. The van der Waals surface area contributed by atoms with Gasteiger partial charge in [0.15, 0.2) is 0 Å². The minimum absolute atomic E-state index is 0. The molecule has 18 heavy (non-hydrogen) atoms. The van der Waals surface area contributed by atoms with E-state index in [-0.39, 0.29) is 36.2 Å². The number of nitrogens with one attached hydrogen (secondary N) is 2. The van der Waals surface area contributed by atoms with Crippen LogP contribution < -0.4 is 51.0 Å². The summed E-state index contributed by atoms with van der Waals surface area (Å²) in [6, 6.07) is 0. The van der Waals surface area contributed by atoms with Crippen LogP contribution in [0.25, 0.3) is 0 Å². The van der Waals surface area contributed by atoms with E-state index in [0.29, 0.717) is 32.6 Å². The van der Waals surface area contributed by atoms with E-state index < -0.39 is 7.82 Å². The molecule has 0 spiro atoms. The van der Waals surface area contributed by atoms with Gasteiger partial charge < -0.3 is 20.5 Å². The van der Waals surface area contributed by atoms with Crippen LogP contribution in [0, 0.1) is 0 Å². The molecule has 1 atom stereocenters. The van der Waals surface area contributed by atoms with Crippen molar-refractivity contribution in [3.8, 4) is 0 Å². The molecular formula is C9H23N3NaO4P. The van der Waals surface area contributed by atoms with Crippen molar-refractivity contribution >= 4 is 7.82 Å². The maximum Gasteiger partial charge on any atom is 1.00 e. The van der Waals surface area contributed by atoms with Gasteiger partial charge in [-0.05, 0) is 6.42 Å². The van der Waals surface area contributed by atoms with E-state index >= 15 is 0 Å². The number of phosphoric ester groups is 1. The van der Waals surface area contributed by atoms with E-state index in [9.17, 15) is 9.46 Å². The van der Waals surface area contributed by atoms with Crippen LogP contribution in [0.15, 0.2) is 0 Å². The minimum Gasteiger partial charge on any atom is -0.755 e. The van der Waals surface area contributed by atoms with Gasteiger partial charge in [0.2, 0.25) is 0 Å². The first-order valence-electron chi connectivity index (χ1n) is 5.90. The van der Waals surface area contributed by atoms with Crippen molar-refractivity contribution in [2.75, 3.05) is 32.8 Å². The summed E-state index contributed by atoms with van der Waals surface area (Å²) >= 11 is 0. The van der Waals surface area contributed by atoms with E-state index in [1.54, 1.807) is 0 Å². The molecule has 1 unspecified atom stereocenters. The Morgan fingerprint density at radius 1 is 1.28 bits per heavy atom. The normalized spacial score (nSPS) is 13.9. The summed E-state index contributed by atoms with van der Waals surface area (Å²) in [5.74, 6) is 0. The van der Waals surface area contributed by atoms with Gasteiger partial charge in [0, 0.05) is 26.2 Å². The number of phosphoric acid groups is 1. The average Bonchev–Trinajstić information content (AvgIpc) is 2.29. The molecule has 0 aliphatic carbocycles. The number of hydrogen-bond acceptors (Lipinski definition) is 7. The smallest absolute Gasteiger partial charge is 0.755 e. The number of hydrogen-bond donors (Lipinski definition) is 3. The van der Waals surface area contributed by atoms with Gasteiger partial charge in [0.05, 0.1) is 6.61 Å². The summed E-state index contributed by atoms with van der Waals surface area (Å²) in [6.07, 6.45) is 2.67. The summed E-state index contributed by atoms with van der Waals surface area (Å²) in [5, 5.41) is 2.98. The zero-order chi connectivity index (χ0) is 13.0. The molecule has 4 N–H and O–H groups in total. The Kier molecular flexibility index (Phi) is 17.0. The molecule has 7 nitrogen and oxygen atoms in total. The van der Waals surface area contributed by atoms with Gasteiger partial charge in [-0.25, -0.2) is 4.62 Å². The van der Waals surface area contributed by atoms with Crippen LogP contribution in [0.5, 0.6) is 0 Å². The first-order valence-corrected chi connectivity index (χ1v) is 7.36. The fraction of sp³-hybridized carbons (Fsp3) is 1.00. The Balaban J connectivity index is 0. The molecular weight excluding hydrogens is 268 g/mol. The third-order valence-corrected chi connectivity index (χ3v) is 2.75. The van der Waals surface area contributed by atoms with Gasteiger partial charge in [-0.3, -0.25) is 4.57 Å². The molecule has 0 saturated carbocycles. The predicted octanol–water partition coefficient (Wildman–Crippen LogP) is -3.26. The second kappa shape index (κ2) is 14.4. The average molecular weight is 291 g/mol. The van der Waals surface area contributed by atoms with Crippen LogP contribution in [-0.2, 0) is 13.7 Å². The SMILES string of the molecule is CCCCCOP(=O)([O-])ONCCNCCN.[Na+]. The van der Waals surface area contributed by atoms with Crippen molar-refractivity contribution in [3.63, 3.8) is 0 Å². The van der Waals surface area contributed by atoms with Crippen molar-refractivity contribution in [2.45, 2.75) is 26.2 Å². The molecule has 0 radical (unpaired) electrons. The van der Waals surface area contributed by atoms with Crippen molar-refractivity contribution < 1.29 is 48.2 Å². The summed E-state index contributed by atoms with van der Waals surface area (Å²) in [4.78, 5) is 11.2. The van der Waals surface area contributed by atoms with Crippen LogP contribution in [0.3, 0.4) is 0 Å². The Morgan fingerprint density at radius 2 is 2.00 bits per heavy atom. The molecule has 0 aromatic heterocycles. The number of rotatable bonds is 12. The van der Waals surface area contributed by atoms with Crippen LogP contribution in [0.2, 0.25) is 0 Å². The second-order valence-corrected chi connectivity index (χ2v) is 4.85. The molecule has 0 heterocycles. The molecule has 0 amide bonds. The van der Waals surface area contributed by atoms with Gasteiger partial charge in [-0.2, -0.15) is 5.48 Å². The number of hydroxylamine groups is 1. The van der Waals surface area contributed by atoms with Crippen LogP contribution in [0.4, 0.5) is 0 Å². The Labute approximate surface area is 131 Å². The van der Waals surface area contributed by atoms with Crippen LogP contribution in [-0.4, -0.2) is 32.8 Å². The maximum absolute atomic E-state index is 11.2. The van der Waals surface area contributed by atoms with E-state index in [1.165, 1.54) is 0 Å². The van der Waals surface area contributed by atoms with Crippen molar-refractivity contribution in [3.05, 3.63) is 0 Å². The third kappa shape index (κ3) is 15.0. The quantitative estimate of drug-likeness (QED) is 0.150. The van der Waals surface area contributed by atoms with E-state index in [4.69, 9.17) is 5.73 Å². The topological polar surface area (TPSA) is 109 Å². The Bertz CT molecular complexity index is 224. The van der Waals surface area contributed by atoms with Crippen molar-refractivity contribution in [1.29, 1.82) is 0 Å². The molecule has 0 aliphatic rings. The number of unbranched alkanes of at least 4 members (excludes halogenated alkanes) is 2.